The van der Waals surface area contributed by atoms with Crippen LogP contribution in [0.25, 0.3) is 56.0 Å². The van der Waals surface area contributed by atoms with E-state index in [9.17, 15) is 29.2 Å². The molecule has 2 aliphatic heterocycles. The maximum atomic E-state index is 13.4. The van der Waals surface area contributed by atoms with E-state index in [-0.39, 0.29) is 84.7 Å². The number of nitrogens with one attached hydrogen (secondary N) is 2. The molecular formula is C63H78BIN10Na2O15. The van der Waals surface area contributed by atoms with Crippen LogP contribution in [0.1, 0.15) is 134 Å². The van der Waals surface area contributed by atoms with Crippen LogP contribution in [0.3, 0.4) is 0 Å². The molecule has 29 heteroatoms. The predicted molar refractivity (Wildman–Crippen MR) is 345 cm³/mol. The second-order valence-corrected chi connectivity index (χ2v) is 26.6. The number of fused-ring (bicyclic) bond motifs is 2. The number of halogens is 1. The summed E-state index contributed by atoms with van der Waals surface area (Å²) in [7, 11) is 2.30. The number of carbonyl (C=O) groups is 5. The van der Waals surface area contributed by atoms with Gasteiger partial charge in [0.2, 0.25) is 23.6 Å². The molecule has 0 aliphatic carbocycles. The van der Waals surface area contributed by atoms with E-state index in [0.717, 1.165) is 64.9 Å². The first-order valence-corrected chi connectivity index (χ1v) is 30.1. The zero-order valence-corrected chi connectivity index (χ0v) is 61.1. The van der Waals surface area contributed by atoms with E-state index in [1.807, 2.05) is 75.4 Å². The Labute approximate surface area is 593 Å². The van der Waals surface area contributed by atoms with Crippen LogP contribution < -0.4 is 80.6 Å². The summed E-state index contributed by atoms with van der Waals surface area (Å²) in [5.41, 5.74) is 2.55. The van der Waals surface area contributed by atoms with Gasteiger partial charge in [-0.2, -0.15) is 0 Å². The molecule has 0 radical (unpaired) electrons. The largest absolute Gasteiger partial charge is 1.00 e. The van der Waals surface area contributed by atoms with E-state index >= 15 is 0 Å². The van der Waals surface area contributed by atoms with Crippen molar-refractivity contribution in [2.75, 3.05) is 37.8 Å². The molecule has 2 aliphatic rings. The average molecular weight is 1400 g/mol. The number of amides is 2. The van der Waals surface area contributed by atoms with E-state index in [4.69, 9.17) is 37.8 Å². The fourth-order valence-electron chi connectivity index (χ4n) is 9.66. The number of anilines is 2. The van der Waals surface area contributed by atoms with Gasteiger partial charge >= 0.3 is 90.6 Å². The standard InChI is InChI=1S/C31H37N5O5.C18H25BN2O6.C13H14IN3O.CH2O3.2Na.H/c1-30(2,3)40-28(37)32-22-14-15-23-21(17-22)18-25(36(23)29(38)41-31(4,5)6)19-10-12-20(13-11-19)26-33-34-27(39-26)24-9-8-16-35(24)7;1-17(2,3)26-15(22)20-12-7-8-13-11(9-12)10-14(19(24)25)21(13)16(23)27-18(4,5)6;1-17-8-2-3-11(17)13-16-15-12(18-13)9-4-6-10(14)7-5-9;2-1-4-3;;;/h10-15,17-18,24H,8-9,16H2,1-7H3,(H,32,37);7-10,24-25H,1-6H3,(H,20,22);4-7,11H,2-3,8H2,1H3;1,3H;;;/q;;;;2*+1;-1/p-1/t24-;;11-;;;;/m0.0..../s1. The Kier molecular flexibility index (Phi) is 27.2. The molecule has 25 nitrogen and oxygen atoms in total. The van der Waals surface area contributed by atoms with Crippen molar-refractivity contribution < 1.29 is 132 Å². The van der Waals surface area contributed by atoms with Crippen molar-refractivity contribution in [2.24, 2.45) is 0 Å². The van der Waals surface area contributed by atoms with Crippen LogP contribution in [-0.2, 0) is 28.6 Å². The number of rotatable bonds is 9. The van der Waals surface area contributed by atoms with Gasteiger partial charge in [0.15, 0.2) is 0 Å². The van der Waals surface area contributed by atoms with Crippen LogP contribution in [0.15, 0.2) is 106 Å². The molecule has 8 aromatic rings. The number of ether oxygens (including phenoxy) is 4. The maximum absolute atomic E-state index is 13.4. The van der Waals surface area contributed by atoms with Crippen LogP contribution in [-0.4, -0.2) is 137 Å². The summed E-state index contributed by atoms with van der Waals surface area (Å²) in [6.07, 6.45) is 2.01. The monoisotopic (exact) mass is 1400 g/mol. The minimum absolute atomic E-state index is 0. The van der Waals surface area contributed by atoms with Crippen molar-refractivity contribution in [2.45, 2.75) is 143 Å². The first-order chi connectivity index (χ1) is 42.2. The smallest absolute Gasteiger partial charge is 1.00 e. The van der Waals surface area contributed by atoms with Gasteiger partial charge in [-0.1, -0.05) is 12.1 Å². The van der Waals surface area contributed by atoms with Crippen LogP contribution >= 0.6 is 22.6 Å². The molecule has 0 unspecified atom stereocenters. The van der Waals surface area contributed by atoms with Crippen molar-refractivity contribution in [3.05, 3.63) is 112 Å². The number of carbonyl (C=O) groups excluding carboxylic acids is 5. The van der Waals surface area contributed by atoms with E-state index in [1.54, 1.807) is 103 Å². The van der Waals surface area contributed by atoms with Crippen molar-refractivity contribution >= 4 is 99.3 Å². The summed E-state index contributed by atoms with van der Waals surface area (Å²) in [6.45, 7) is 23.3. The number of benzene rings is 4. The summed E-state index contributed by atoms with van der Waals surface area (Å²) in [6, 6.07) is 29.6. The molecule has 2 fully saturated rings. The van der Waals surface area contributed by atoms with Gasteiger partial charge in [0.25, 0.3) is 6.47 Å². The molecule has 0 saturated carbocycles. The van der Waals surface area contributed by atoms with E-state index in [0.29, 0.717) is 51.2 Å². The molecule has 482 valence electrons. The van der Waals surface area contributed by atoms with Gasteiger partial charge < -0.3 is 49.4 Å². The summed E-state index contributed by atoms with van der Waals surface area (Å²) >= 11 is 2.28. The van der Waals surface area contributed by atoms with Gasteiger partial charge in [0.1, 0.15) is 22.4 Å². The van der Waals surface area contributed by atoms with E-state index in [1.165, 1.54) is 16.1 Å². The molecule has 10 rings (SSSR count). The van der Waals surface area contributed by atoms with Gasteiger partial charge in [0.05, 0.1) is 34.4 Å². The van der Waals surface area contributed by atoms with Gasteiger partial charge in [0, 0.05) is 36.8 Å². The fraction of sp³-hybridized carbons (Fsp3) is 0.413. The Morgan fingerprint density at radius 3 is 1.35 bits per heavy atom. The Balaban J connectivity index is 0.000000305. The Hall–Kier alpha value is -6.22. The van der Waals surface area contributed by atoms with Crippen molar-refractivity contribution in [1.29, 1.82) is 0 Å². The third-order valence-electron chi connectivity index (χ3n) is 13.4. The number of likely N-dealkylation sites (tertiary alicyclic amines) is 2. The second-order valence-electron chi connectivity index (χ2n) is 25.3. The maximum Gasteiger partial charge on any atom is 1.00 e. The molecule has 6 heterocycles. The molecule has 2 atom stereocenters. The minimum atomic E-state index is -1.87. The zero-order valence-electron chi connectivity index (χ0n) is 55.9. The van der Waals surface area contributed by atoms with Crippen molar-refractivity contribution in [1.82, 2.24) is 39.3 Å². The summed E-state index contributed by atoms with van der Waals surface area (Å²) in [5.74, 6) is 2.44. The van der Waals surface area contributed by atoms with Crippen LogP contribution in [0.2, 0.25) is 0 Å². The summed E-state index contributed by atoms with van der Waals surface area (Å²) < 4.78 is 37.3. The molecule has 4 N–H and O–H groups in total. The zero-order chi connectivity index (χ0) is 66.0. The molecule has 4 aromatic carbocycles. The first-order valence-electron chi connectivity index (χ1n) is 29.0. The third kappa shape index (κ3) is 21.7. The Morgan fingerprint density at radius 2 is 0.967 bits per heavy atom. The number of nitrogens with zero attached hydrogens (tertiary/aromatic N) is 8. The molecule has 2 saturated heterocycles. The average Bonchev–Trinajstić information content (AvgIpc) is 1.64. The number of hydrogen-bond donors (Lipinski definition) is 4. The normalized spacial score (nSPS) is 15.0. The van der Waals surface area contributed by atoms with Crippen LogP contribution in [0, 0.1) is 3.57 Å². The SMILES string of the molecule is CC(C)(C)OC(=O)Nc1ccc2c(c1)cc(B(O)O)n2C(=O)OC(C)(C)C.CN1CCC[C@H]1c1nnc(-c2ccc(-c3cc4cc(NC(=O)OC(C)(C)C)ccc4n3C(=O)OC(C)(C)C)cc2)o1.CN1CCC[C@H]1c1nnc(-c2ccc(I)cc2)o1.O=CO[O-].[H-].[Na+].[Na+]. The van der Waals surface area contributed by atoms with Crippen LogP contribution in [0.4, 0.5) is 30.6 Å². The van der Waals surface area contributed by atoms with Gasteiger partial charge in [-0.25, -0.2) is 23.7 Å². The third-order valence-corrected chi connectivity index (χ3v) is 14.1. The predicted octanol–water partition coefficient (Wildman–Crippen LogP) is 5.37. The number of hydrogen-bond acceptors (Lipinski definition) is 21. The molecule has 92 heavy (non-hydrogen) atoms. The molecule has 0 spiro atoms. The minimum Gasteiger partial charge on any atom is -1.00 e. The van der Waals surface area contributed by atoms with Gasteiger partial charge in [-0.3, -0.25) is 29.8 Å². The van der Waals surface area contributed by atoms with Crippen molar-refractivity contribution in [3.63, 3.8) is 0 Å². The Morgan fingerprint density at radius 1 is 0.587 bits per heavy atom. The quantitative estimate of drug-likeness (QED) is 0.0352. The summed E-state index contributed by atoms with van der Waals surface area (Å²) in [5, 5.41) is 51.2. The summed E-state index contributed by atoms with van der Waals surface area (Å²) in [4.78, 5) is 65.9. The van der Waals surface area contributed by atoms with Gasteiger partial charge in [-0.05, 0) is 249 Å². The molecule has 2 amide bonds. The van der Waals surface area contributed by atoms with Gasteiger partial charge in [-0.15, -0.1) is 20.4 Å². The molecular weight excluding hydrogens is 1320 g/mol. The van der Waals surface area contributed by atoms with Crippen molar-refractivity contribution in [3.8, 4) is 34.2 Å². The topological polar surface area (TPSA) is 313 Å². The molecule has 4 aromatic heterocycles. The van der Waals surface area contributed by atoms with Crippen LogP contribution in [0.5, 0.6) is 0 Å². The second kappa shape index (κ2) is 32.8. The Bertz CT molecular complexity index is 3800. The molecule has 0 bridgehead atoms. The van der Waals surface area contributed by atoms with E-state index in [2.05, 4.69) is 82.4 Å². The van der Waals surface area contributed by atoms with E-state index < -0.39 is 53.9 Å². The first kappa shape index (κ1) is 76.5. The number of aromatic nitrogens is 6. The fourth-order valence-corrected chi connectivity index (χ4v) is 10.0.